The normalized spacial score (nSPS) is 10.2. The number of benzene rings is 1. The van der Waals surface area contributed by atoms with Crippen LogP contribution in [0.1, 0.15) is 62.2 Å². The second-order valence-electron chi connectivity index (χ2n) is 4.68. The molecule has 1 aromatic rings. The van der Waals surface area contributed by atoms with Crippen LogP contribution in [0.5, 0.6) is 5.75 Å². The summed E-state index contributed by atoms with van der Waals surface area (Å²) in [6, 6.07) is 6.65. The Labute approximate surface area is 115 Å². The highest BCUT2D eigenvalue weighted by Crippen LogP contribution is 2.14. The van der Waals surface area contributed by atoms with Gasteiger partial charge in [-0.1, -0.05) is 51.2 Å². The molecule has 0 atom stereocenters. The van der Waals surface area contributed by atoms with E-state index in [1.54, 1.807) is 24.3 Å². The first-order chi connectivity index (χ1) is 9.26. The molecular weight excluding hydrogens is 240 g/mol. The molecule has 0 heterocycles. The molecule has 0 aliphatic rings. The maximum Gasteiger partial charge on any atom is 0.311 e. The van der Waals surface area contributed by atoms with Crippen molar-refractivity contribution >= 4 is 12.3 Å². The summed E-state index contributed by atoms with van der Waals surface area (Å²) >= 11 is 0. The molecule has 0 aromatic heterocycles. The maximum absolute atomic E-state index is 11.6. The number of aldehydes is 1. The van der Waals surface area contributed by atoms with Gasteiger partial charge in [-0.05, 0) is 18.6 Å². The van der Waals surface area contributed by atoms with Gasteiger partial charge in [0.1, 0.15) is 12.0 Å². The summed E-state index contributed by atoms with van der Waals surface area (Å²) in [7, 11) is 0. The Morgan fingerprint density at radius 3 is 2.63 bits per heavy atom. The van der Waals surface area contributed by atoms with Gasteiger partial charge in [0, 0.05) is 12.0 Å². The number of unbranched alkanes of at least 4 members (excludes halogenated alkanes) is 5. The van der Waals surface area contributed by atoms with Crippen molar-refractivity contribution in [2.75, 3.05) is 0 Å². The van der Waals surface area contributed by atoms with Gasteiger partial charge in [-0.15, -0.1) is 0 Å². The van der Waals surface area contributed by atoms with E-state index in [1.165, 1.54) is 25.7 Å². The highest BCUT2D eigenvalue weighted by molar-refractivity contribution is 5.77. The monoisotopic (exact) mass is 262 g/mol. The lowest BCUT2D eigenvalue weighted by Crippen LogP contribution is -2.07. The third-order valence-corrected chi connectivity index (χ3v) is 2.96. The molecule has 0 amide bonds. The van der Waals surface area contributed by atoms with E-state index in [-0.39, 0.29) is 5.97 Å². The highest BCUT2D eigenvalue weighted by Gasteiger charge is 2.05. The quantitative estimate of drug-likeness (QED) is 0.290. The topological polar surface area (TPSA) is 43.4 Å². The van der Waals surface area contributed by atoms with Gasteiger partial charge in [-0.25, -0.2) is 0 Å². The molecule has 19 heavy (non-hydrogen) atoms. The third kappa shape index (κ3) is 6.75. The molecule has 1 rings (SSSR count). The molecule has 1 aromatic carbocycles. The van der Waals surface area contributed by atoms with E-state index in [1.807, 2.05) is 0 Å². The van der Waals surface area contributed by atoms with Crippen LogP contribution >= 0.6 is 0 Å². The molecule has 0 aliphatic heterocycles. The van der Waals surface area contributed by atoms with Crippen LogP contribution in [0.3, 0.4) is 0 Å². The standard InChI is InChI=1S/C16H22O3/c1-2-3-4-5-6-7-11-16(18)19-15-10-8-9-14(12-15)13-17/h8-10,12-13H,2-7,11H2,1H3. The molecule has 0 aliphatic carbocycles. The Morgan fingerprint density at radius 2 is 1.89 bits per heavy atom. The van der Waals surface area contributed by atoms with Crippen molar-refractivity contribution in [2.24, 2.45) is 0 Å². The molecule has 0 unspecified atom stereocenters. The molecule has 0 bridgehead atoms. The number of esters is 1. The Balaban J connectivity index is 2.21. The van der Waals surface area contributed by atoms with Gasteiger partial charge in [-0.3, -0.25) is 9.59 Å². The van der Waals surface area contributed by atoms with E-state index < -0.39 is 0 Å². The first kappa shape index (κ1) is 15.4. The smallest absolute Gasteiger partial charge is 0.311 e. The number of hydrogen-bond acceptors (Lipinski definition) is 3. The van der Waals surface area contributed by atoms with E-state index in [4.69, 9.17) is 4.74 Å². The van der Waals surface area contributed by atoms with Gasteiger partial charge in [-0.2, -0.15) is 0 Å². The first-order valence-electron chi connectivity index (χ1n) is 7.02. The molecule has 3 nitrogen and oxygen atoms in total. The van der Waals surface area contributed by atoms with Crippen molar-refractivity contribution in [1.82, 2.24) is 0 Å². The van der Waals surface area contributed by atoms with Crippen LogP contribution in [-0.2, 0) is 4.79 Å². The fourth-order valence-corrected chi connectivity index (χ4v) is 1.88. The number of carbonyl (C=O) groups excluding carboxylic acids is 2. The van der Waals surface area contributed by atoms with Gasteiger partial charge in [0.25, 0.3) is 0 Å². The number of ether oxygens (including phenoxy) is 1. The summed E-state index contributed by atoms with van der Waals surface area (Å²) in [6.07, 6.45) is 8.05. The maximum atomic E-state index is 11.6. The van der Waals surface area contributed by atoms with Gasteiger partial charge < -0.3 is 4.74 Å². The third-order valence-electron chi connectivity index (χ3n) is 2.96. The fraction of sp³-hybridized carbons (Fsp3) is 0.500. The molecule has 104 valence electrons. The Morgan fingerprint density at radius 1 is 1.16 bits per heavy atom. The zero-order valence-corrected chi connectivity index (χ0v) is 11.6. The Hall–Kier alpha value is -1.64. The van der Waals surface area contributed by atoms with Gasteiger partial charge in [0.2, 0.25) is 0 Å². The molecule has 0 radical (unpaired) electrons. The van der Waals surface area contributed by atoms with Crippen molar-refractivity contribution in [3.05, 3.63) is 29.8 Å². The van der Waals surface area contributed by atoms with Crippen LogP contribution in [0.2, 0.25) is 0 Å². The van der Waals surface area contributed by atoms with Crippen LogP contribution in [0, 0.1) is 0 Å². The number of rotatable bonds is 9. The average Bonchev–Trinajstić information content (AvgIpc) is 2.43. The summed E-state index contributed by atoms with van der Waals surface area (Å²) < 4.78 is 5.19. The molecule has 3 heteroatoms. The predicted molar refractivity (Wildman–Crippen MR) is 75.5 cm³/mol. The van der Waals surface area contributed by atoms with Crippen LogP contribution in [0.15, 0.2) is 24.3 Å². The van der Waals surface area contributed by atoms with Gasteiger partial charge >= 0.3 is 5.97 Å². The minimum absolute atomic E-state index is 0.224. The predicted octanol–water partition coefficient (Wildman–Crippen LogP) is 4.16. The van der Waals surface area contributed by atoms with E-state index in [0.717, 1.165) is 19.1 Å². The van der Waals surface area contributed by atoms with Crippen LogP contribution in [0.4, 0.5) is 0 Å². The van der Waals surface area contributed by atoms with Crippen LogP contribution in [0.25, 0.3) is 0 Å². The zero-order valence-electron chi connectivity index (χ0n) is 11.6. The number of carbonyl (C=O) groups is 2. The summed E-state index contributed by atoms with van der Waals surface area (Å²) in [6.45, 7) is 2.19. The fourth-order valence-electron chi connectivity index (χ4n) is 1.88. The summed E-state index contributed by atoms with van der Waals surface area (Å²) in [5.41, 5.74) is 0.518. The molecule has 0 N–H and O–H groups in total. The zero-order chi connectivity index (χ0) is 13.9. The minimum atomic E-state index is -0.224. The lowest BCUT2D eigenvalue weighted by molar-refractivity contribution is -0.134. The van der Waals surface area contributed by atoms with Gasteiger partial charge in [0.15, 0.2) is 0 Å². The lowest BCUT2D eigenvalue weighted by atomic mass is 10.1. The Kier molecular flexibility index (Phi) is 7.56. The average molecular weight is 262 g/mol. The number of hydrogen-bond donors (Lipinski definition) is 0. The summed E-state index contributed by atoms with van der Waals surface area (Å²) in [5.74, 6) is 0.221. The van der Waals surface area contributed by atoms with E-state index >= 15 is 0 Å². The molecule has 0 saturated heterocycles. The van der Waals surface area contributed by atoms with Crippen molar-refractivity contribution in [2.45, 2.75) is 51.9 Å². The van der Waals surface area contributed by atoms with E-state index in [9.17, 15) is 9.59 Å². The second kappa shape index (κ2) is 9.31. The van der Waals surface area contributed by atoms with Crippen molar-refractivity contribution in [3.8, 4) is 5.75 Å². The second-order valence-corrected chi connectivity index (χ2v) is 4.68. The molecular formula is C16H22O3. The lowest BCUT2D eigenvalue weighted by Gasteiger charge is -2.04. The SMILES string of the molecule is CCCCCCCCC(=O)Oc1cccc(C=O)c1. The summed E-state index contributed by atoms with van der Waals surface area (Å²) in [5, 5.41) is 0. The molecule has 0 saturated carbocycles. The van der Waals surface area contributed by atoms with Crippen LogP contribution < -0.4 is 4.74 Å². The summed E-state index contributed by atoms with van der Waals surface area (Å²) in [4.78, 5) is 22.2. The van der Waals surface area contributed by atoms with Crippen LogP contribution in [-0.4, -0.2) is 12.3 Å². The highest BCUT2D eigenvalue weighted by atomic mass is 16.5. The van der Waals surface area contributed by atoms with E-state index in [2.05, 4.69) is 6.92 Å². The van der Waals surface area contributed by atoms with Crippen molar-refractivity contribution in [1.29, 1.82) is 0 Å². The van der Waals surface area contributed by atoms with Gasteiger partial charge in [0.05, 0.1) is 0 Å². The van der Waals surface area contributed by atoms with E-state index in [0.29, 0.717) is 17.7 Å². The molecule has 0 spiro atoms. The van der Waals surface area contributed by atoms with Crippen molar-refractivity contribution in [3.63, 3.8) is 0 Å². The minimum Gasteiger partial charge on any atom is -0.427 e. The Bertz CT molecular complexity index is 399. The first-order valence-corrected chi connectivity index (χ1v) is 7.02. The largest absolute Gasteiger partial charge is 0.427 e. The molecule has 0 fully saturated rings. The van der Waals surface area contributed by atoms with Crippen molar-refractivity contribution < 1.29 is 14.3 Å².